The van der Waals surface area contributed by atoms with Crippen molar-refractivity contribution in [1.82, 2.24) is 23.7 Å². The van der Waals surface area contributed by atoms with Crippen molar-refractivity contribution in [2.24, 2.45) is 14.1 Å². The zero-order valence-electron chi connectivity index (χ0n) is 15.5. The Morgan fingerprint density at radius 3 is 2.32 bits per heavy atom. The maximum atomic E-state index is 12.7. The van der Waals surface area contributed by atoms with Crippen LogP contribution in [-0.2, 0) is 20.6 Å². The third-order valence-corrected chi connectivity index (χ3v) is 5.22. The van der Waals surface area contributed by atoms with E-state index in [1.807, 2.05) is 36.4 Å². The van der Waals surface area contributed by atoms with Crippen molar-refractivity contribution in [2.75, 3.05) is 0 Å². The van der Waals surface area contributed by atoms with Crippen LogP contribution in [0.1, 0.15) is 5.69 Å². The monoisotopic (exact) mass is 371 g/mol. The Labute approximate surface area is 159 Å². The molecule has 0 amide bonds. The van der Waals surface area contributed by atoms with Crippen LogP contribution in [0.15, 0.2) is 64.4 Å². The molecule has 138 valence electrons. The molecule has 0 N–H and O–H groups in total. The van der Waals surface area contributed by atoms with Crippen LogP contribution in [0.25, 0.3) is 32.8 Å². The lowest BCUT2D eigenvalue weighted by Crippen LogP contribution is -2.37. The van der Waals surface area contributed by atoms with Crippen molar-refractivity contribution in [3.8, 4) is 0 Å². The molecule has 3 aromatic heterocycles. The van der Waals surface area contributed by atoms with Gasteiger partial charge in [0, 0.05) is 24.9 Å². The summed E-state index contributed by atoms with van der Waals surface area (Å²) in [7, 11) is 3.09. The van der Waals surface area contributed by atoms with Gasteiger partial charge in [0.25, 0.3) is 5.56 Å². The average Bonchev–Trinajstić information content (AvgIpc) is 3.14. The van der Waals surface area contributed by atoms with Crippen LogP contribution in [-0.4, -0.2) is 23.7 Å². The molecular weight excluding hydrogens is 354 g/mol. The molecule has 0 saturated heterocycles. The third kappa shape index (κ3) is 2.22. The number of hydrogen-bond acceptors (Lipinski definition) is 4. The summed E-state index contributed by atoms with van der Waals surface area (Å²) in [5.41, 5.74) is 1.77. The summed E-state index contributed by atoms with van der Waals surface area (Å²) < 4.78 is 4.26. The topological polar surface area (TPSA) is 74.7 Å². The first kappa shape index (κ1) is 16.4. The van der Waals surface area contributed by atoms with Gasteiger partial charge in [-0.1, -0.05) is 42.5 Å². The lowest BCUT2D eigenvalue weighted by Gasteiger charge is -2.11. The van der Waals surface area contributed by atoms with E-state index in [0.29, 0.717) is 17.7 Å². The highest BCUT2D eigenvalue weighted by molar-refractivity contribution is 6.06. The van der Waals surface area contributed by atoms with Crippen LogP contribution >= 0.6 is 0 Å². The number of nitrogens with zero attached hydrogens (tertiary/aromatic N) is 5. The quantitative estimate of drug-likeness (QED) is 0.446. The highest BCUT2D eigenvalue weighted by Gasteiger charge is 2.16. The van der Waals surface area contributed by atoms with Gasteiger partial charge in [-0.2, -0.15) is 0 Å². The van der Waals surface area contributed by atoms with Crippen LogP contribution in [0, 0.1) is 0 Å². The van der Waals surface area contributed by atoms with Gasteiger partial charge in [0.05, 0.1) is 24.1 Å². The van der Waals surface area contributed by atoms with E-state index in [0.717, 1.165) is 31.9 Å². The van der Waals surface area contributed by atoms with Crippen LogP contribution in [0.2, 0.25) is 0 Å². The number of aryl methyl sites for hydroxylation is 1. The minimum Gasteiger partial charge on any atom is -0.319 e. The summed E-state index contributed by atoms with van der Waals surface area (Å²) in [6, 6.07) is 16.1. The van der Waals surface area contributed by atoms with Crippen molar-refractivity contribution in [3.05, 3.63) is 81.4 Å². The van der Waals surface area contributed by atoms with Crippen LogP contribution < -0.4 is 11.2 Å². The lowest BCUT2D eigenvalue weighted by molar-refractivity contribution is 0.701. The molecule has 0 atom stereocenters. The fraction of sp³-hybridized carbons (Fsp3) is 0.143. The van der Waals surface area contributed by atoms with Gasteiger partial charge in [0.2, 0.25) is 0 Å². The normalized spacial score (nSPS) is 11.6. The summed E-state index contributed by atoms with van der Waals surface area (Å²) in [5, 5.41) is 3.24. The van der Waals surface area contributed by atoms with Crippen LogP contribution in [0.5, 0.6) is 0 Å². The van der Waals surface area contributed by atoms with Crippen molar-refractivity contribution in [3.63, 3.8) is 0 Å². The van der Waals surface area contributed by atoms with E-state index in [1.165, 1.54) is 11.6 Å². The number of hydrogen-bond donors (Lipinski definition) is 0. The smallest absolute Gasteiger partial charge is 0.319 e. The lowest BCUT2D eigenvalue weighted by atomic mass is 10.0. The predicted octanol–water partition coefficient (Wildman–Crippen LogP) is 2.18. The van der Waals surface area contributed by atoms with Gasteiger partial charge in [-0.05, 0) is 11.5 Å². The Balaban J connectivity index is 1.79. The van der Waals surface area contributed by atoms with E-state index < -0.39 is 5.69 Å². The Hall–Kier alpha value is -3.74. The molecule has 0 saturated carbocycles. The molecule has 0 bridgehead atoms. The number of benzene rings is 2. The highest BCUT2D eigenvalue weighted by Crippen LogP contribution is 2.27. The van der Waals surface area contributed by atoms with Gasteiger partial charge in [0.1, 0.15) is 0 Å². The van der Waals surface area contributed by atoms with E-state index in [9.17, 15) is 9.59 Å². The average molecular weight is 371 g/mol. The van der Waals surface area contributed by atoms with Crippen molar-refractivity contribution in [1.29, 1.82) is 0 Å². The van der Waals surface area contributed by atoms with Gasteiger partial charge in [-0.3, -0.25) is 18.9 Å². The van der Waals surface area contributed by atoms with Gasteiger partial charge >= 0.3 is 5.69 Å². The molecule has 5 aromatic rings. The zero-order chi connectivity index (χ0) is 19.4. The number of para-hydroxylation sites is 1. The molecule has 7 nitrogen and oxygen atoms in total. The minimum absolute atomic E-state index is 0.360. The molecule has 3 heterocycles. The van der Waals surface area contributed by atoms with Crippen LogP contribution in [0.3, 0.4) is 0 Å². The van der Waals surface area contributed by atoms with Crippen LogP contribution in [0.4, 0.5) is 0 Å². The second-order valence-electron chi connectivity index (χ2n) is 6.87. The molecular formula is C21H17N5O2. The molecule has 0 spiro atoms. The molecule has 28 heavy (non-hydrogen) atoms. The Bertz CT molecular complexity index is 1510. The molecule has 5 rings (SSSR count). The number of rotatable bonds is 2. The first-order valence-corrected chi connectivity index (χ1v) is 8.93. The first-order chi connectivity index (χ1) is 13.6. The van der Waals surface area contributed by atoms with Gasteiger partial charge < -0.3 is 4.57 Å². The Morgan fingerprint density at radius 1 is 0.857 bits per heavy atom. The summed E-state index contributed by atoms with van der Waals surface area (Å²) in [6.07, 6.45) is 1.59. The molecule has 0 aliphatic heterocycles. The fourth-order valence-electron chi connectivity index (χ4n) is 3.77. The van der Waals surface area contributed by atoms with Crippen molar-refractivity contribution >= 4 is 32.8 Å². The molecule has 0 fully saturated rings. The van der Waals surface area contributed by atoms with Gasteiger partial charge in [-0.25, -0.2) is 9.78 Å². The number of pyridine rings is 1. The largest absolute Gasteiger partial charge is 0.332 e. The molecule has 7 heteroatoms. The first-order valence-electron chi connectivity index (χ1n) is 8.93. The Morgan fingerprint density at radius 2 is 1.54 bits per heavy atom. The predicted molar refractivity (Wildman–Crippen MR) is 109 cm³/mol. The molecule has 0 aliphatic rings. The standard InChI is InChI=1S/C21H17N5O2/c1-24-19-18(20(27)25(2)21(24)28)26(12-22-19)11-17-15-9-4-3-7-13(15)14-8-5-6-10-16(14)23-17/h3-10,12H,11H2,1-2H3. The van der Waals surface area contributed by atoms with E-state index in [1.54, 1.807) is 17.9 Å². The second kappa shape index (κ2) is 5.88. The highest BCUT2D eigenvalue weighted by atomic mass is 16.2. The summed E-state index contributed by atoms with van der Waals surface area (Å²) >= 11 is 0. The van der Waals surface area contributed by atoms with E-state index in [2.05, 4.69) is 17.1 Å². The van der Waals surface area contributed by atoms with Crippen molar-refractivity contribution < 1.29 is 0 Å². The van der Waals surface area contributed by atoms with Gasteiger partial charge in [0.15, 0.2) is 11.2 Å². The maximum absolute atomic E-state index is 12.7. The second-order valence-corrected chi connectivity index (χ2v) is 6.87. The zero-order valence-corrected chi connectivity index (χ0v) is 15.5. The number of imidazole rings is 1. The van der Waals surface area contributed by atoms with Crippen molar-refractivity contribution in [2.45, 2.75) is 6.54 Å². The van der Waals surface area contributed by atoms with E-state index >= 15 is 0 Å². The Kier molecular flexibility index (Phi) is 3.45. The third-order valence-electron chi connectivity index (χ3n) is 5.22. The minimum atomic E-state index is -0.392. The number of aromatic nitrogens is 5. The molecule has 2 aromatic carbocycles. The number of fused-ring (bicyclic) bond motifs is 4. The van der Waals surface area contributed by atoms with Gasteiger partial charge in [-0.15, -0.1) is 0 Å². The molecule has 0 radical (unpaired) electrons. The van der Waals surface area contributed by atoms with E-state index in [4.69, 9.17) is 4.98 Å². The van der Waals surface area contributed by atoms with E-state index in [-0.39, 0.29) is 5.56 Å². The molecule has 0 aliphatic carbocycles. The summed E-state index contributed by atoms with van der Waals surface area (Å²) in [6.45, 7) is 0.384. The fourth-order valence-corrected chi connectivity index (χ4v) is 3.77. The maximum Gasteiger partial charge on any atom is 0.332 e. The SMILES string of the molecule is Cn1c(=O)c2c(ncn2Cc2nc3ccccc3c3ccccc23)n(C)c1=O. The molecule has 0 unspecified atom stereocenters. The summed E-state index contributed by atoms with van der Waals surface area (Å²) in [5.74, 6) is 0. The summed E-state index contributed by atoms with van der Waals surface area (Å²) in [4.78, 5) is 34.0.